The molecule has 1 amide bonds. The summed E-state index contributed by atoms with van der Waals surface area (Å²) < 4.78 is 1.44. The van der Waals surface area contributed by atoms with Gasteiger partial charge in [-0.15, -0.1) is 10.2 Å². The van der Waals surface area contributed by atoms with Crippen molar-refractivity contribution in [3.8, 4) is 6.07 Å². The molecule has 0 aliphatic carbocycles. The van der Waals surface area contributed by atoms with Crippen LogP contribution in [0.1, 0.15) is 56.6 Å². The number of benzene rings is 1. The zero-order valence-electron chi connectivity index (χ0n) is 14.5. The predicted octanol–water partition coefficient (Wildman–Crippen LogP) is 2.79. The highest BCUT2D eigenvalue weighted by Crippen LogP contribution is 2.24. The molecule has 0 aliphatic heterocycles. The molecule has 0 spiro atoms. The smallest absolute Gasteiger partial charge is 0.240 e. The zero-order valence-corrected chi connectivity index (χ0v) is 14.5. The number of nitrogens with zero attached hydrogens (tertiary/aromatic N) is 4. The number of aromatic nitrogens is 3. The van der Waals surface area contributed by atoms with Crippen molar-refractivity contribution in [2.24, 2.45) is 5.92 Å². The van der Waals surface area contributed by atoms with Crippen molar-refractivity contribution in [1.29, 1.82) is 5.26 Å². The molecular weight excluding hydrogens is 302 g/mol. The van der Waals surface area contributed by atoms with Gasteiger partial charge in [-0.05, 0) is 23.0 Å². The minimum absolute atomic E-state index is 0.0309. The number of carbonyl (C=O) groups excluding carboxylic acids is 1. The first-order valence-corrected chi connectivity index (χ1v) is 8.09. The van der Waals surface area contributed by atoms with Gasteiger partial charge in [-0.25, -0.2) is 0 Å². The Labute approximate surface area is 142 Å². The van der Waals surface area contributed by atoms with Crippen LogP contribution in [0.5, 0.6) is 0 Å². The Bertz CT molecular complexity index is 725. The molecule has 1 N–H and O–H groups in total. The second kappa shape index (κ2) is 7.73. The number of amides is 1. The Hall–Kier alpha value is -2.68. The first kappa shape index (κ1) is 17.7. The van der Waals surface area contributed by atoms with E-state index in [4.69, 9.17) is 5.26 Å². The van der Waals surface area contributed by atoms with Crippen LogP contribution >= 0.6 is 0 Å². The van der Waals surface area contributed by atoms with Crippen LogP contribution in [0.15, 0.2) is 30.6 Å². The van der Waals surface area contributed by atoms with Crippen molar-refractivity contribution in [2.75, 3.05) is 0 Å². The van der Waals surface area contributed by atoms with Gasteiger partial charge in [0.05, 0.1) is 6.04 Å². The molecule has 1 atom stereocenters. The van der Waals surface area contributed by atoms with E-state index in [1.54, 1.807) is 0 Å². The van der Waals surface area contributed by atoms with Crippen LogP contribution in [0.2, 0.25) is 0 Å². The van der Waals surface area contributed by atoms with E-state index in [1.807, 2.05) is 6.07 Å². The van der Waals surface area contributed by atoms with Gasteiger partial charge in [0.25, 0.3) is 0 Å². The highest BCUT2D eigenvalue weighted by atomic mass is 16.2. The van der Waals surface area contributed by atoms with E-state index in [-0.39, 0.29) is 30.2 Å². The van der Waals surface area contributed by atoms with Crippen molar-refractivity contribution in [3.63, 3.8) is 0 Å². The average Bonchev–Trinajstić information content (AvgIpc) is 2.99. The molecule has 1 heterocycles. The molecule has 0 saturated heterocycles. The first-order valence-electron chi connectivity index (χ1n) is 8.09. The fourth-order valence-corrected chi connectivity index (χ4v) is 2.55. The van der Waals surface area contributed by atoms with Gasteiger partial charge in [-0.3, -0.25) is 9.36 Å². The van der Waals surface area contributed by atoms with E-state index < -0.39 is 0 Å². The molecule has 6 nitrogen and oxygen atoms in total. The quantitative estimate of drug-likeness (QED) is 0.885. The summed E-state index contributed by atoms with van der Waals surface area (Å²) in [6.45, 7) is 8.48. The number of hydrogen-bond donors (Lipinski definition) is 1. The average molecular weight is 325 g/mol. The van der Waals surface area contributed by atoms with Crippen molar-refractivity contribution in [3.05, 3.63) is 47.5 Å². The second-order valence-electron chi connectivity index (χ2n) is 6.50. The van der Waals surface area contributed by atoms with Crippen LogP contribution in [-0.2, 0) is 11.3 Å². The molecule has 0 saturated carbocycles. The summed E-state index contributed by atoms with van der Waals surface area (Å²) in [7, 11) is 0. The van der Waals surface area contributed by atoms with Crippen molar-refractivity contribution >= 4 is 5.91 Å². The maximum Gasteiger partial charge on any atom is 0.240 e. The topological polar surface area (TPSA) is 83.6 Å². The summed E-state index contributed by atoms with van der Waals surface area (Å²) in [4.78, 5) is 12.3. The monoisotopic (exact) mass is 325 g/mol. The third kappa shape index (κ3) is 4.19. The van der Waals surface area contributed by atoms with Crippen molar-refractivity contribution < 1.29 is 4.79 Å². The van der Waals surface area contributed by atoms with Gasteiger partial charge < -0.3 is 5.32 Å². The highest BCUT2D eigenvalue weighted by molar-refractivity contribution is 5.76. The minimum atomic E-state index is -0.169. The summed E-state index contributed by atoms with van der Waals surface area (Å²) in [5, 5.41) is 19.3. The van der Waals surface area contributed by atoms with E-state index in [1.165, 1.54) is 16.5 Å². The fraction of sp³-hybridized carbons (Fsp3) is 0.444. The Morgan fingerprint density at radius 3 is 2.38 bits per heavy atom. The van der Waals surface area contributed by atoms with Gasteiger partial charge in [-0.1, -0.05) is 52.0 Å². The summed E-state index contributed by atoms with van der Waals surface area (Å²) in [5.74, 6) is 0.685. The van der Waals surface area contributed by atoms with Crippen LogP contribution < -0.4 is 5.32 Å². The van der Waals surface area contributed by atoms with Crippen LogP contribution in [-0.4, -0.2) is 20.7 Å². The molecule has 0 fully saturated rings. The van der Waals surface area contributed by atoms with Crippen LogP contribution in [0.3, 0.4) is 0 Å². The molecule has 1 aromatic carbocycles. The lowest BCUT2D eigenvalue weighted by Crippen LogP contribution is -2.34. The Kier molecular flexibility index (Phi) is 5.69. The largest absolute Gasteiger partial charge is 0.347 e. The van der Waals surface area contributed by atoms with Gasteiger partial charge in [0, 0.05) is 0 Å². The predicted molar refractivity (Wildman–Crippen MR) is 91.0 cm³/mol. The molecule has 126 valence electrons. The van der Waals surface area contributed by atoms with Gasteiger partial charge in [0.15, 0.2) is 0 Å². The summed E-state index contributed by atoms with van der Waals surface area (Å²) >= 11 is 0. The number of rotatable bonds is 6. The molecule has 24 heavy (non-hydrogen) atoms. The Balaban J connectivity index is 2.11. The molecule has 2 rings (SSSR count). The fourth-order valence-electron chi connectivity index (χ4n) is 2.55. The minimum Gasteiger partial charge on any atom is -0.347 e. The SMILES string of the molecule is CC(C)c1ccc(C(NC(=O)Cn2cnnc2C#N)C(C)C)cc1. The molecule has 1 aromatic heterocycles. The molecule has 0 aliphatic rings. The van der Waals surface area contributed by atoms with Gasteiger partial charge >= 0.3 is 0 Å². The lowest BCUT2D eigenvalue weighted by Gasteiger charge is -2.23. The van der Waals surface area contributed by atoms with E-state index >= 15 is 0 Å². The molecule has 0 radical (unpaired) electrons. The van der Waals surface area contributed by atoms with Crippen LogP contribution in [0, 0.1) is 17.2 Å². The third-order valence-electron chi connectivity index (χ3n) is 3.97. The maximum atomic E-state index is 12.3. The van der Waals surface area contributed by atoms with Crippen LogP contribution in [0.4, 0.5) is 0 Å². The first-order chi connectivity index (χ1) is 11.4. The van der Waals surface area contributed by atoms with E-state index in [2.05, 4.69) is 67.5 Å². The number of nitrogens with one attached hydrogen (secondary N) is 1. The highest BCUT2D eigenvalue weighted by Gasteiger charge is 2.19. The lowest BCUT2D eigenvalue weighted by atomic mass is 9.93. The summed E-state index contributed by atoms with van der Waals surface area (Å²) in [5.41, 5.74) is 2.35. The van der Waals surface area contributed by atoms with Crippen molar-refractivity contribution in [2.45, 2.75) is 46.2 Å². The van der Waals surface area contributed by atoms with E-state index in [0.717, 1.165) is 5.56 Å². The number of carbonyl (C=O) groups is 1. The normalized spacial score (nSPS) is 12.2. The third-order valence-corrected chi connectivity index (χ3v) is 3.97. The Morgan fingerprint density at radius 1 is 1.21 bits per heavy atom. The summed E-state index contributed by atoms with van der Waals surface area (Å²) in [6.07, 6.45) is 1.39. The molecule has 1 unspecified atom stereocenters. The molecule has 0 bridgehead atoms. The molecular formula is C18H23N5O. The lowest BCUT2D eigenvalue weighted by molar-refractivity contribution is -0.122. The number of hydrogen-bond acceptors (Lipinski definition) is 4. The second-order valence-corrected chi connectivity index (χ2v) is 6.50. The summed E-state index contributed by atoms with van der Waals surface area (Å²) in [6, 6.07) is 10.2. The van der Waals surface area contributed by atoms with Crippen molar-refractivity contribution in [1.82, 2.24) is 20.1 Å². The standard InChI is InChI=1S/C18H23N5O/c1-12(2)14-5-7-15(8-6-14)18(13(3)4)21-17(24)10-23-11-20-22-16(23)9-19/h5-8,11-13,18H,10H2,1-4H3,(H,21,24). The molecule has 6 heteroatoms. The zero-order chi connectivity index (χ0) is 17.7. The van der Waals surface area contributed by atoms with E-state index in [9.17, 15) is 4.79 Å². The number of nitriles is 1. The maximum absolute atomic E-state index is 12.3. The van der Waals surface area contributed by atoms with Gasteiger partial charge in [-0.2, -0.15) is 5.26 Å². The Morgan fingerprint density at radius 2 is 1.83 bits per heavy atom. The van der Waals surface area contributed by atoms with Crippen LogP contribution in [0.25, 0.3) is 0 Å². The molecule has 2 aromatic rings. The van der Waals surface area contributed by atoms with Gasteiger partial charge in [0.2, 0.25) is 11.7 Å². The van der Waals surface area contributed by atoms with E-state index in [0.29, 0.717) is 5.92 Å². The van der Waals surface area contributed by atoms with Gasteiger partial charge in [0.1, 0.15) is 18.9 Å².